The molecule has 2 rings (SSSR count). The van der Waals surface area contributed by atoms with Gasteiger partial charge in [-0.05, 0) is 49.6 Å². The molecule has 3 nitrogen and oxygen atoms in total. The molecule has 3 heteroatoms. The van der Waals surface area contributed by atoms with Crippen molar-refractivity contribution in [1.82, 2.24) is 0 Å². The number of rotatable bonds is 6. The van der Waals surface area contributed by atoms with E-state index in [4.69, 9.17) is 15.2 Å². The van der Waals surface area contributed by atoms with Crippen molar-refractivity contribution in [2.45, 2.75) is 32.4 Å². The molecule has 0 radical (unpaired) electrons. The second-order valence-corrected chi connectivity index (χ2v) is 5.33. The lowest BCUT2D eigenvalue weighted by Crippen LogP contribution is -2.18. The molecular weight excluding hydrogens is 262 g/mol. The monoisotopic (exact) mass is 285 g/mol. The molecule has 0 bridgehead atoms. The summed E-state index contributed by atoms with van der Waals surface area (Å²) in [5.41, 5.74) is 8.16. The maximum atomic E-state index is 6.12. The number of hydrogen-bond acceptors (Lipinski definition) is 3. The van der Waals surface area contributed by atoms with Crippen molar-refractivity contribution in [1.29, 1.82) is 0 Å². The van der Waals surface area contributed by atoms with Gasteiger partial charge in [0.15, 0.2) is 0 Å². The second-order valence-electron chi connectivity index (χ2n) is 5.33. The minimum Gasteiger partial charge on any atom is -0.497 e. The summed E-state index contributed by atoms with van der Waals surface area (Å²) in [4.78, 5) is 0. The maximum Gasteiger partial charge on any atom is 0.123 e. The van der Waals surface area contributed by atoms with E-state index in [1.54, 1.807) is 7.11 Å². The van der Waals surface area contributed by atoms with Gasteiger partial charge in [0, 0.05) is 6.04 Å². The van der Waals surface area contributed by atoms with E-state index in [0.29, 0.717) is 0 Å². The third-order valence-electron chi connectivity index (χ3n) is 3.38. The van der Waals surface area contributed by atoms with Gasteiger partial charge in [0.2, 0.25) is 0 Å². The zero-order chi connectivity index (χ0) is 15.2. The Balaban J connectivity index is 2.22. The highest BCUT2D eigenvalue weighted by atomic mass is 16.5. The average Bonchev–Trinajstić information content (AvgIpc) is 2.49. The summed E-state index contributed by atoms with van der Waals surface area (Å²) in [6.07, 6.45) is 0.750. The van der Waals surface area contributed by atoms with Crippen LogP contribution in [0, 0.1) is 0 Å². The molecule has 2 N–H and O–H groups in total. The first kappa shape index (κ1) is 15.4. The van der Waals surface area contributed by atoms with Crippen molar-refractivity contribution in [2.24, 2.45) is 5.73 Å². The lowest BCUT2D eigenvalue weighted by molar-refractivity contribution is 0.224. The molecule has 0 amide bonds. The minimum absolute atomic E-state index is 0.00794. The van der Waals surface area contributed by atoms with E-state index in [-0.39, 0.29) is 12.1 Å². The largest absolute Gasteiger partial charge is 0.497 e. The molecule has 0 aliphatic heterocycles. The number of hydrogen-bond donors (Lipinski definition) is 1. The Kier molecular flexibility index (Phi) is 5.23. The van der Waals surface area contributed by atoms with Crippen molar-refractivity contribution in [3.63, 3.8) is 0 Å². The van der Waals surface area contributed by atoms with Crippen LogP contribution in [0.25, 0.3) is 0 Å². The molecule has 2 aromatic rings. The molecule has 0 fully saturated rings. The quantitative estimate of drug-likeness (QED) is 0.879. The van der Waals surface area contributed by atoms with Crippen LogP contribution in [0.15, 0.2) is 48.5 Å². The normalized spacial score (nSPS) is 13.5. The van der Waals surface area contributed by atoms with Crippen molar-refractivity contribution in [2.75, 3.05) is 7.11 Å². The summed E-state index contributed by atoms with van der Waals surface area (Å²) in [6.45, 7) is 4.04. The molecular formula is C18H23NO2. The van der Waals surface area contributed by atoms with E-state index in [1.807, 2.05) is 43.3 Å². The van der Waals surface area contributed by atoms with Gasteiger partial charge in [0.1, 0.15) is 17.6 Å². The van der Waals surface area contributed by atoms with Crippen molar-refractivity contribution in [3.05, 3.63) is 59.7 Å². The Morgan fingerprint density at radius 2 is 1.76 bits per heavy atom. The van der Waals surface area contributed by atoms with Gasteiger partial charge in [-0.1, -0.05) is 30.3 Å². The van der Waals surface area contributed by atoms with Crippen LogP contribution in [-0.2, 0) is 6.42 Å². The summed E-state index contributed by atoms with van der Waals surface area (Å²) in [5, 5.41) is 0. The lowest BCUT2D eigenvalue weighted by Gasteiger charge is -2.19. The molecule has 112 valence electrons. The first-order valence-electron chi connectivity index (χ1n) is 7.24. The molecule has 0 saturated carbocycles. The Hall–Kier alpha value is -2.00. The van der Waals surface area contributed by atoms with Crippen LogP contribution in [0.5, 0.6) is 11.5 Å². The van der Waals surface area contributed by atoms with Gasteiger partial charge in [-0.3, -0.25) is 0 Å². The highest BCUT2D eigenvalue weighted by Gasteiger charge is 2.12. The predicted octanol–water partition coefficient (Wildman–Crippen LogP) is 3.72. The molecule has 2 aromatic carbocycles. The molecule has 2 atom stereocenters. The van der Waals surface area contributed by atoms with Crippen molar-refractivity contribution < 1.29 is 9.47 Å². The zero-order valence-corrected chi connectivity index (χ0v) is 12.9. The molecule has 0 aromatic heterocycles. The van der Waals surface area contributed by atoms with Crippen LogP contribution in [0.1, 0.15) is 31.1 Å². The van der Waals surface area contributed by atoms with E-state index in [2.05, 4.69) is 19.1 Å². The molecule has 0 saturated heterocycles. The van der Waals surface area contributed by atoms with Crippen LogP contribution in [0.4, 0.5) is 0 Å². The van der Waals surface area contributed by atoms with Crippen molar-refractivity contribution in [3.8, 4) is 11.5 Å². The highest BCUT2D eigenvalue weighted by Crippen LogP contribution is 2.29. The third-order valence-corrected chi connectivity index (χ3v) is 3.38. The second kappa shape index (κ2) is 7.14. The van der Waals surface area contributed by atoms with Gasteiger partial charge in [-0.2, -0.15) is 0 Å². The summed E-state index contributed by atoms with van der Waals surface area (Å²) >= 11 is 0. The van der Waals surface area contributed by atoms with Gasteiger partial charge in [0.05, 0.1) is 7.11 Å². The van der Waals surface area contributed by atoms with Gasteiger partial charge >= 0.3 is 0 Å². The number of benzene rings is 2. The summed E-state index contributed by atoms with van der Waals surface area (Å²) in [5.74, 6) is 1.69. The maximum absolute atomic E-state index is 6.12. The smallest absolute Gasteiger partial charge is 0.123 e. The van der Waals surface area contributed by atoms with Crippen LogP contribution in [0.3, 0.4) is 0 Å². The van der Waals surface area contributed by atoms with Gasteiger partial charge in [-0.15, -0.1) is 0 Å². The summed E-state index contributed by atoms with van der Waals surface area (Å²) < 4.78 is 11.4. The first-order chi connectivity index (χ1) is 10.1. The van der Waals surface area contributed by atoms with E-state index in [0.717, 1.165) is 29.0 Å². The number of nitrogens with two attached hydrogens (primary N) is 1. The SMILES string of the molecule is COc1ccc(OC(C)c2ccccc2)c(CC(C)N)c1. The van der Waals surface area contributed by atoms with Gasteiger partial charge < -0.3 is 15.2 Å². The van der Waals surface area contributed by atoms with Crippen molar-refractivity contribution >= 4 is 0 Å². The van der Waals surface area contributed by atoms with Crippen LogP contribution >= 0.6 is 0 Å². The Morgan fingerprint density at radius 3 is 2.38 bits per heavy atom. The van der Waals surface area contributed by atoms with E-state index >= 15 is 0 Å². The van der Waals surface area contributed by atoms with Crippen LogP contribution in [-0.4, -0.2) is 13.2 Å². The fourth-order valence-corrected chi connectivity index (χ4v) is 2.29. The number of methoxy groups -OCH3 is 1. The minimum atomic E-state index is -0.00794. The standard InChI is InChI=1S/C18H23NO2/c1-13(19)11-16-12-17(20-3)9-10-18(16)21-14(2)15-7-5-4-6-8-15/h4-10,12-14H,11,19H2,1-3H3. The first-order valence-corrected chi connectivity index (χ1v) is 7.24. The van der Waals surface area contributed by atoms with Gasteiger partial charge in [0.25, 0.3) is 0 Å². The van der Waals surface area contributed by atoms with Gasteiger partial charge in [-0.25, -0.2) is 0 Å². The molecule has 0 heterocycles. The zero-order valence-electron chi connectivity index (χ0n) is 12.9. The predicted molar refractivity (Wildman–Crippen MR) is 85.8 cm³/mol. The van der Waals surface area contributed by atoms with Crippen LogP contribution < -0.4 is 15.2 Å². The lowest BCUT2D eigenvalue weighted by atomic mass is 10.1. The Morgan fingerprint density at radius 1 is 1.05 bits per heavy atom. The van der Waals surface area contributed by atoms with Crippen LogP contribution in [0.2, 0.25) is 0 Å². The summed E-state index contributed by atoms with van der Waals surface area (Å²) in [6, 6.07) is 16.1. The van der Waals surface area contributed by atoms with E-state index < -0.39 is 0 Å². The fraction of sp³-hybridized carbons (Fsp3) is 0.333. The molecule has 0 aliphatic rings. The number of ether oxygens (including phenoxy) is 2. The third kappa shape index (κ3) is 4.23. The molecule has 0 aliphatic carbocycles. The van der Waals surface area contributed by atoms with E-state index in [1.165, 1.54) is 0 Å². The molecule has 0 spiro atoms. The topological polar surface area (TPSA) is 44.5 Å². The van der Waals surface area contributed by atoms with E-state index in [9.17, 15) is 0 Å². The Bertz CT molecular complexity index is 567. The fourth-order valence-electron chi connectivity index (χ4n) is 2.29. The molecule has 21 heavy (non-hydrogen) atoms. The Labute approximate surface area is 126 Å². The average molecular weight is 285 g/mol. The molecule has 2 unspecified atom stereocenters. The summed E-state index contributed by atoms with van der Waals surface area (Å²) in [7, 11) is 1.66. The highest BCUT2D eigenvalue weighted by molar-refractivity contribution is 5.41.